The average molecular weight is 276 g/mol. The zero-order valence-corrected chi connectivity index (χ0v) is 12.8. The van der Waals surface area contributed by atoms with Gasteiger partial charge in [0.2, 0.25) is 10.0 Å². The fourth-order valence-electron chi connectivity index (χ4n) is 2.19. The average Bonchev–Trinajstić information content (AvgIpc) is 2.28. The van der Waals surface area contributed by atoms with E-state index in [2.05, 4.69) is 26.1 Å². The lowest BCUT2D eigenvalue weighted by atomic mass is 10.0. The van der Waals surface area contributed by atoms with Gasteiger partial charge in [-0.1, -0.05) is 20.8 Å². The minimum atomic E-state index is -3.00. The first-order chi connectivity index (χ1) is 8.42. The standard InChI is InChI=1S/C13H28N2O2S/c1-12(2)14-8-4-5-11-18(16,17)15-9-6-13(3)7-10-15/h12-14H,4-11H2,1-3H3. The minimum absolute atomic E-state index is 0.307. The Morgan fingerprint density at radius 2 is 1.83 bits per heavy atom. The van der Waals surface area contributed by atoms with Gasteiger partial charge in [-0.25, -0.2) is 12.7 Å². The summed E-state index contributed by atoms with van der Waals surface area (Å²) in [7, 11) is -3.00. The summed E-state index contributed by atoms with van der Waals surface area (Å²) >= 11 is 0. The van der Waals surface area contributed by atoms with Crippen LogP contribution in [0.2, 0.25) is 0 Å². The number of hydrogen-bond acceptors (Lipinski definition) is 3. The Morgan fingerprint density at radius 1 is 1.22 bits per heavy atom. The SMILES string of the molecule is CC1CCN(S(=O)(=O)CCCCNC(C)C)CC1. The highest BCUT2D eigenvalue weighted by atomic mass is 32.2. The lowest BCUT2D eigenvalue weighted by molar-refractivity contribution is 0.287. The molecule has 1 aliphatic rings. The molecule has 0 aliphatic carbocycles. The molecule has 4 nitrogen and oxygen atoms in total. The summed E-state index contributed by atoms with van der Waals surface area (Å²) in [6, 6.07) is 0.477. The van der Waals surface area contributed by atoms with Gasteiger partial charge < -0.3 is 5.32 Å². The van der Waals surface area contributed by atoms with E-state index in [0.717, 1.165) is 32.2 Å². The number of nitrogens with zero attached hydrogens (tertiary/aromatic N) is 1. The first kappa shape index (κ1) is 15.9. The molecular weight excluding hydrogens is 248 g/mol. The van der Waals surface area contributed by atoms with E-state index in [0.29, 0.717) is 30.8 Å². The van der Waals surface area contributed by atoms with Crippen LogP contribution >= 0.6 is 0 Å². The van der Waals surface area contributed by atoms with Crippen molar-refractivity contribution < 1.29 is 8.42 Å². The topological polar surface area (TPSA) is 49.4 Å². The van der Waals surface area contributed by atoms with Crippen molar-refractivity contribution in [3.63, 3.8) is 0 Å². The van der Waals surface area contributed by atoms with Gasteiger partial charge >= 0.3 is 0 Å². The van der Waals surface area contributed by atoms with Gasteiger partial charge in [0.15, 0.2) is 0 Å². The summed E-state index contributed by atoms with van der Waals surface area (Å²) in [6.07, 6.45) is 3.71. The second kappa shape index (κ2) is 7.46. The van der Waals surface area contributed by atoms with E-state index < -0.39 is 10.0 Å². The van der Waals surface area contributed by atoms with Crippen LogP contribution in [0.1, 0.15) is 46.5 Å². The van der Waals surface area contributed by atoms with Gasteiger partial charge in [0.25, 0.3) is 0 Å². The molecule has 0 bridgehead atoms. The van der Waals surface area contributed by atoms with Crippen LogP contribution in [0, 0.1) is 5.92 Å². The third-order valence-corrected chi connectivity index (χ3v) is 5.47. The molecule has 0 atom stereocenters. The normalized spacial score (nSPS) is 19.6. The summed E-state index contributed by atoms with van der Waals surface area (Å²) in [5, 5.41) is 3.31. The van der Waals surface area contributed by atoms with Crippen LogP contribution in [0.15, 0.2) is 0 Å². The Labute approximate surface area is 112 Å². The van der Waals surface area contributed by atoms with Crippen molar-refractivity contribution in [2.75, 3.05) is 25.4 Å². The Kier molecular flexibility index (Phi) is 6.60. The van der Waals surface area contributed by atoms with Crippen LogP contribution in [-0.4, -0.2) is 44.2 Å². The monoisotopic (exact) mass is 276 g/mol. The first-order valence-electron chi connectivity index (χ1n) is 7.13. The second-order valence-corrected chi connectivity index (χ2v) is 7.80. The summed E-state index contributed by atoms with van der Waals surface area (Å²) in [5.74, 6) is 0.980. The van der Waals surface area contributed by atoms with Gasteiger partial charge in [0, 0.05) is 19.1 Å². The lowest BCUT2D eigenvalue weighted by Gasteiger charge is -2.29. The van der Waals surface area contributed by atoms with Crippen LogP contribution in [-0.2, 0) is 10.0 Å². The lowest BCUT2D eigenvalue weighted by Crippen LogP contribution is -2.39. The van der Waals surface area contributed by atoms with Crippen molar-refractivity contribution in [2.24, 2.45) is 5.92 Å². The van der Waals surface area contributed by atoms with Crippen molar-refractivity contribution in [3.05, 3.63) is 0 Å². The fraction of sp³-hybridized carbons (Fsp3) is 1.00. The summed E-state index contributed by atoms with van der Waals surface area (Å²) in [4.78, 5) is 0. The van der Waals surface area contributed by atoms with E-state index in [9.17, 15) is 8.42 Å². The van der Waals surface area contributed by atoms with Crippen LogP contribution in [0.5, 0.6) is 0 Å². The highest BCUT2D eigenvalue weighted by Crippen LogP contribution is 2.19. The molecule has 0 saturated carbocycles. The molecule has 0 aromatic rings. The molecule has 108 valence electrons. The van der Waals surface area contributed by atoms with Gasteiger partial charge in [-0.3, -0.25) is 0 Å². The molecule has 0 unspecified atom stereocenters. The van der Waals surface area contributed by atoms with E-state index in [-0.39, 0.29) is 0 Å². The number of rotatable bonds is 7. The maximum Gasteiger partial charge on any atom is 0.214 e. The second-order valence-electron chi connectivity index (χ2n) is 5.71. The Hall–Kier alpha value is -0.130. The predicted octanol–water partition coefficient (Wildman–Crippen LogP) is 1.83. The number of hydrogen-bond donors (Lipinski definition) is 1. The first-order valence-corrected chi connectivity index (χ1v) is 8.74. The zero-order valence-electron chi connectivity index (χ0n) is 12.0. The van der Waals surface area contributed by atoms with Crippen molar-refractivity contribution in [1.82, 2.24) is 9.62 Å². The molecular formula is C13H28N2O2S. The van der Waals surface area contributed by atoms with E-state index in [1.54, 1.807) is 4.31 Å². The van der Waals surface area contributed by atoms with Crippen LogP contribution < -0.4 is 5.32 Å². The molecule has 1 saturated heterocycles. The van der Waals surface area contributed by atoms with Gasteiger partial charge in [0.05, 0.1) is 5.75 Å². The number of nitrogens with one attached hydrogen (secondary N) is 1. The largest absolute Gasteiger partial charge is 0.315 e. The third-order valence-electron chi connectivity index (χ3n) is 3.52. The van der Waals surface area contributed by atoms with Crippen molar-refractivity contribution in [2.45, 2.75) is 52.5 Å². The Bertz CT molecular complexity index is 320. The summed E-state index contributed by atoms with van der Waals surface area (Å²) < 4.78 is 25.9. The van der Waals surface area contributed by atoms with E-state index in [1.165, 1.54) is 0 Å². The quantitative estimate of drug-likeness (QED) is 0.722. The fourth-order valence-corrected chi connectivity index (χ4v) is 3.79. The van der Waals surface area contributed by atoms with E-state index in [4.69, 9.17) is 0 Å². The Morgan fingerprint density at radius 3 is 2.39 bits per heavy atom. The highest BCUT2D eigenvalue weighted by Gasteiger charge is 2.25. The zero-order chi connectivity index (χ0) is 13.6. The smallest absolute Gasteiger partial charge is 0.214 e. The molecule has 1 N–H and O–H groups in total. The van der Waals surface area contributed by atoms with Crippen LogP contribution in [0.4, 0.5) is 0 Å². The van der Waals surface area contributed by atoms with Gasteiger partial charge in [-0.2, -0.15) is 0 Å². The molecule has 5 heteroatoms. The molecule has 1 fully saturated rings. The third kappa shape index (κ3) is 5.67. The van der Waals surface area contributed by atoms with Crippen molar-refractivity contribution >= 4 is 10.0 Å². The van der Waals surface area contributed by atoms with E-state index >= 15 is 0 Å². The molecule has 18 heavy (non-hydrogen) atoms. The maximum absolute atomic E-state index is 12.1. The number of piperidine rings is 1. The van der Waals surface area contributed by atoms with Gasteiger partial charge in [-0.05, 0) is 38.1 Å². The maximum atomic E-state index is 12.1. The molecule has 0 aromatic heterocycles. The van der Waals surface area contributed by atoms with Gasteiger partial charge in [-0.15, -0.1) is 0 Å². The van der Waals surface area contributed by atoms with E-state index in [1.807, 2.05) is 0 Å². The molecule has 0 radical (unpaired) electrons. The molecule has 1 heterocycles. The minimum Gasteiger partial charge on any atom is -0.315 e. The summed E-state index contributed by atoms with van der Waals surface area (Å²) in [5.41, 5.74) is 0. The van der Waals surface area contributed by atoms with Crippen LogP contribution in [0.3, 0.4) is 0 Å². The molecule has 0 amide bonds. The molecule has 1 aliphatic heterocycles. The molecule has 0 aromatic carbocycles. The summed E-state index contributed by atoms with van der Waals surface area (Å²) in [6.45, 7) is 8.74. The van der Waals surface area contributed by atoms with Crippen molar-refractivity contribution in [1.29, 1.82) is 0 Å². The highest BCUT2D eigenvalue weighted by molar-refractivity contribution is 7.89. The van der Waals surface area contributed by atoms with Crippen molar-refractivity contribution in [3.8, 4) is 0 Å². The molecule has 1 rings (SSSR count). The molecule has 0 spiro atoms. The number of unbranched alkanes of at least 4 members (excludes halogenated alkanes) is 1. The Balaban J connectivity index is 2.23. The number of sulfonamides is 1. The predicted molar refractivity (Wildman–Crippen MR) is 76.1 cm³/mol. The van der Waals surface area contributed by atoms with Crippen LogP contribution in [0.25, 0.3) is 0 Å². The van der Waals surface area contributed by atoms with Gasteiger partial charge in [0.1, 0.15) is 0 Å².